The van der Waals surface area contributed by atoms with E-state index in [2.05, 4.69) is 55.3 Å². The highest BCUT2D eigenvalue weighted by Crippen LogP contribution is 2.25. The first-order valence-corrected chi connectivity index (χ1v) is 9.96. The van der Waals surface area contributed by atoms with Gasteiger partial charge in [0, 0.05) is 18.1 Å². The lowest BCUT2D eigenvalue weighted by atomic mass is 10.1. The number of nitrogens with zero attached hydrogens (tertiary/aromatic N) is 2. The van der Waals surface area contributed by atoms with Crippen LogP contribution in [0.25, 0.3) is 5.69 Å². The third kappa shape index (κ3) is 4.25. The van der Waals surface area contributed by atoms with Gasteiger partial charge in [0.1, 0.15) is 0 Å². The van der Waals surface area contributed by atoms with Gasteiger partial charge in [0.2, 0.25) is 5.91 Å². The van der Waals surface area contributed by atoms with Crippen LogP contribution >= 0.6 is 11.8 Å². The summed E-state index contributed by atoms with van der Waals surface area (Å²) >= 11 is 1.45. The molecule has 5 heteroatoms. The van der Waals surface area contributed by atoms with Crippen LogP contribution in [0.3, 0.4) is 0 Å². The summed E-state index contributed by atoms with van der Waals surface area (Å²) in [5.74, 6) is 0.291. The Morgan fingerprint density at radius 1 is 1.07 bits per heavy atom. The highest BCUT2D eigenvalue weighted by molar-refractivity contribution is 7.99. The summed E-state index contributed by atoms with van der Waals surface area (Å²) < 4.78 is 2.04. The van der Waals surface area contributed by atoms with Crippen LogP contribution in [0.1, 0.15) is 27.8 Å². The molecule has 1 aromatic heterocycles. The molecule has 1 amide bonds. The van der Waals surface area contributed by atoms with Gasteiger partial charge in [0.15, 0.2) is 5.16 Å². The van der Waals surface area contributed by atoms with E-state index in [1.54, 1.807) is 6.20 Å². The number of aromatic nitrogens is 2. The molecule has 0 unspecified atom stereocenters. The lowest BCUT2D eigenvalue weighted by Gasteiger charge is -2.14. The molecule has 0 aliphatic heterocycles. The van der Waals surface area contributed by atoms with Gasteiger partial charge in [-0.3, -0.25) is 9.36 Å². The lowest BCUT2D eigenvalue weighted by Crippen LogP contribution is -2.16. The van der Waals surface area contributed by atoms with Gasteiger partial charge in [0.05, 0.1) is 11.4 Å². The summed E-state index contributed by atoms with van der Waals surface area (Å²) in [6, 6.07) is 10.4. The number of carbonyl (C=O) groups excluding carboxylic acids is 1. The van der Waals surface area contributed by atoms with Crippen molar-refractivity contribution in [3.63, 3.8) is 0 Å². The molecule has 0 fully saturated rings. The number of hydrogen-bond donors (Lipinski definition) is 1. The van der Waals surface area contributed by atoms with Crippen LogP contribution in [0, 0.1) is 34.6 Å². The summed E-state index contributed by atoms with van der Waals surface area (Å²) in [6.07, 6.45) is 3.71. The zero-order valence-corrected chi connectivity index (χ0v) is 17.3. The van der Waals surface area contributed by atoms with E-state index in [9.17, 15) is 4.79 Å². The van der Waals surface area contributed by atoms with Crippen LogP contribution in [0.4, 0.5) is 5.69 Å². The third-order valence-electron chi connectivity index (χ3n) is 4.72. The minimum Gasteiger partial charge on any atom is -0.325 e. The van der Waals surface area contributed by atoms with E-state index in [0.717, 1.165) is 27.7 Å². The number of amides is 1. The van der Waals surface area contributed by atoms with Crippen molar-refractivity contribution < 1.29 is 4.79 Å². The number of rotatable bonds is 5. The van der Waals surface area contributed by atoms with Crippen LogP contribution in [-0.4, -0.2) is 21.2 Å². The molecule has 0 aliphatic carbocycles. The molecular formula is C22H25N3OS. The number of imidazole rings is 1. The van der Waals surface area contributed by atoms with E-state index in [0.29, 0.717) is 5.75 Å². The van der Waals surface area contributed by atoms with Gasteiger partial charge in [-0.15, -0.1) is 0 Å². The van der Waals surface area contributed by atoms with Crippen molar-refractivity contribution >= 4 is 23.4 Å². The Labute approximate surface area is 165 Å². The number of hydrogen-bond acceptors (Lipinski definition) is 3. The Kier molecular flexibility index (Phi) is 5.71. The van der Waals surface area contributed by atoms with Crippen LogP contribution in [0.15, 0.2) is 47.9 Å². The van der Waals surface area contributed by atoms with Crippen molar-refractivity contribution in [3.8, 4) is 5.69 Å². The Morgan fingerprint density at radius 3 is 2.48 bits per heavy atom. The minimum atomic E-state index is -0.0226. The predicted molar refractivity (Wildman–Crippen MR) is 113 cm³/mol. The molecule has 3 rings (SSSR count). The van der Waals surface area contributed by atoms with Gasteiger partial charge in [-0.1, -0.05) is 41.6 Å². The molecule has 0 saturated carbocycles. The molecule has 2 aromatic carbocycles. The molecule has 0 aliphatic rings. The fourth-order valence-corrected chi connectivity index (χ4v) is 4.03. The van der Waals surface area contributed by atoms with Crippen molar-refractivity contribution in [2.45, 2.75) is 39.8 Å². The molecule has 3 aromatic rings. The first-order chi connectivity index (χ1) is 12.9. The number of aryl methyl sites for hydroxylation is 4. The SMILES string of the molecule is Cc1cc(C)c(NC(=O)CSc2nccn2-c2cccc(C)c2C)c(C)c1. The summed E-state index contributed by atoms with van der Waals surface area (Å²) in [5.41, 5.74) is 7.83. The van der Waals surface area contributed by atoms with Crippen LogP contribution in [-0.2, 0) is 4.79 Å². The van der Waals surface area contributed by atoms with Gasteiger partial charge < -0.3 is 5.32 Å². The van der Waals surface area contributed by atoms with E-state index in [1.807, 2.05) is 30.7 Å². The largest absolute Gasteiger partial charge is 0.325 e. The summed E-state index contributed by atoms with van der Waals surface area (Å²) in [4.78, 5) is 16.9. The molecular weight excluding hydrogens is 354 g/mol. The summed E-state index contributed by atoms with van der Waals surface area (Å²) in [7, 11) is 0. The number of carbonyl (C=O) groups is 1. The molecule has 4 nitrogen and oxygen atoms in total. The molecule has 140 valence electrons. The third-order valence-corrected chi connectivity index (χ3v) is 5.68. The van der Waals surface area contributed by atoms with Crippen molar-refractivity contribution in [1.29, 1.82) is 0 Å². The van der Waals surface area contributed by atoms with E-state index in [1.165, 1.54) is 28.5 Å². The molecule has 0 spiro atoms. The van der Waals surface area contributed by atoms with Crippen LogP contribution < -0.4 is 5.32 Å². The predicted octanol–water partition coefficient (Wildman–Crippen LogP) is 5.15. The van der Waals surface area contributed by atoms with Gasteiger partial charge >= 0.3 is 0 Å². The van der Waals surface area contributed by atoms with Gasteiger partial charge in [-0.25, -0.2) is 4.98 Å². The Hall–Kier alpha value is -2.53. The second-order valence-corrected chi connectivity index (χ2v) is 7.85. The first-order valence-electron chi connectivity index (χ1n) is 8.97. The van der Waals surface area contributed by atoms with Gasteiger partial charge in [-0.2, -0.15) is 0 Å². The number of benzene rings is 2. The molecule has 0 atom stereocenters. The summed E-state index contributed by atoms with van der Waals surface area (Å²) in [6.45, 7) is 10.3. The van der Waals surface area contributed by atoms with Crippen molar-refractivity contribution in [2.75, 3.05) is 11.1 Å². The van der Waals surface area contributed by atoms with Crippen LogP contribution in [0.2, 0.25) is 0 Å². The molecule has 27 heavy (non-hydrogen) atoms. The van der Waals surface area contributed by atoms with Gasteiger partial charge in [-0.05, 0) is 62.9 Å². The second-order valence-electron chi connectivity index (χ2n) is 6.91. The zero-order valence-electron chi connectivity index (χ0n) is 16.5. The lowest BCUT2D eigenvalue weighted by molar-refractivity contribution is -0.113. The normalized spacial score (nSPS) is 10.9. The van der Waals surface area contributed by atoms with Crippen molar-refractivity contribution in [1.82, 2.24) is 9.55 Å². The maximum Gasteiger partial charge on any atom is 0.234 e. The topological polar surface area (TPSA) is 46.9 Å². The smallest absolute Gasteiger partial charge is 0.234 e. The Bertz CT molecular complexity index is 968. The number of anilines is 1. The fourth-order valence-electron chi connectivity index (χ4n) is 3.26. The highest BCUT2D eigenvalue weighted by atomic mass is 32.2. The minimum absolute atomic E-state index is 0.0226. The molecule has 0 saturated heterocycles. The first kappa shape index (κ1) is 19.2. The summed E-state index contributed by atoms with van der Waals surface area (Å²) in [5, 5.41) is 3.87. The standard InChI is InChI=1S/C22H25N3OS/c1-14-11-16(3)21(17(4)12-14)24-20(26)13-27-22-23-9-10-25(22)19-8-6-7-15(2)18(19)5/h6-12H,13H2,1-5H3,(H,24,26). The van der Waals surface area contributed by atoms with E-state index in [4.69, 9.17) is 0 Å². The molecule has 1 heterocycles. The highest BCUT2D eigenvalue weighted by Gasteiger charge is 2.13. The fraction of sp³-hybridized carbons (Fsp3) is 0.273. The van der Waals surface area contributed by atoms with Crippen molar-refractivity contribution in [2.24, 2.45) is 0 Å². The number of nitrogens with one attached hydrogen (secondary N) is 1. The Balaban J connectivity index is 1.73. The van der Waals surface area contributed by atoms with E-state index >= 15 is 0 Å². The molecule has 1 N–H and O–H groups in total. The average molecular weight is 380 g/mol. The van der Waals surface area contributed by atoms with E-state index in [-0.39, 0.29) is 5.91 Å². The maximum absolute atomic E-state index is 12.5. The van der Waals surface area contributed by atoms with E-state index < -0.39 is 0 Å². The molecule has 0 bridgehead atoms. The molecule has 0 radical (unpaired) electrons. The van der Waals surface area contributed by atoms with Crippen molar-refractivity contribution in [3.05, 3.63) is 70.5 Å². The number of thioether (sulfide) groups is 1. The quantitative estimate of drug-likeness (QED) is 0.624. The monoisotopic (exact) mass is 379 g/mol. The average Bonchev–Trinajstić information content (AvgIpc) is 3.07. The second kappa shape index (κ2) is 8.01. The Morgan fingerprint density at radius 2 is 1.78 bits per heavy atom. The maximum atomic E-state index is 12.5. The van der Waals surface area contributed by atoms with Gasteiger partial charge in [0.25, 0.3) is 0 Å². The zero-order chi connectivity index (χ0) is 19.6. The van der Waals surface area contributed by atoms with Crippen LogP contribution in [0.5, 0.6) is 0 Å².